The highest BCUT2D eigenvalue weighted by molar-refractivity contribution is 7.93. The lowest BCUT2D eigenvalue weighted by molar-refractivity contribution is -0.001000. The van der Waals surface area contributed by atoms with Gasteiger partial charge in [0.15, 0.2) is 0 Å². The summed E-state index contributed by atoms with van der Waals surface area (Å²) in [6.45, 7) is 0. The fourth-order valence-corrected chi connectivity index (χ4v) is 24.4. The van der Waals surface area contributed by atoms with Gasteiger partial charge in [-0.25, -0.2) is 0 Å². The van der Waals surface area contributed by atoms with Crippen molar-refractivity contribution in [3.05, 3.63) is 243 Å². The average molecular weight is 924 g/mol. The molecule has 0 saturated heterocycles. The first-order chi connectivity index (χ1) is 29.8. The molecule has 8 aromatic rings. The monoisotopic (exact) mass is 922 g/mol. The predicted molar refractivity (Wildman–Crippen MR) is 275 cm³/mol. The molecule has 0 heterocycles. The molecule has 62 heavy (non-hydrogen) atoms. The molecule has 0 saturated carbocycles. The van der Waals surface area contributed by atoms with Gasteiger partial charge in [0, 0.05) is 0 Å². The molecular formula is C56H56Cl2P4. The predicted octanol–water partition coefficient (Wildman–Crippen LogP) is 5.38. The zero-order valence-electron chi connectivity index (χ0n) is 35.3. The molecule has 0 amide bonds. The maximum absolute atomic E-state index is 2.47. The van der Waals surface area contributed by atoms with Crippen LogP contribution < -0.4 is 67.3 Å². The Kier molecular flexibility index (Phi) is 18.6. The van der Waals surface area contributed by atoms with Crippen LogP contribution in [-0.2, 0) is 0 Å². The van der Waals surface area contributed by atoms with Crippen molar-refractivity contribution in [3.63, 3.8) is 0 Å². The Morgan fingerprint density at radius 1 is 0.242 bits per heavy atom. The van der Waals surface area contributed by atoms with Gasteiger partial charge in [-0.2, -0.15) is 0 Å². The maximum Gasteiger partial charge on any atom is 0.103 e. The largest absolute Gasteiger partial charge is 1.00 e. The Hall–Kier alpha value is -3.94. The van der Waals surface area contributed by atoms with Crippen LogP contribution in [0.4, 0.5) is 0 Å². The highest BCUT2D eigenvalue weighted by Crippen LogP contribution is 2.64. The molecule has 314 valence electrons. The topological polar surface area (TPSA) is 0 Å². The molecule has 8 rings (SSSR count). The highest BCUT2D eigenvalue weighted by atomic mass is 35.5. The molecule has 0 atom stereocenters. The fourth-order valence-electron chi connectivity index (χ4n) is 8.99. The van der Waals surface area contributed by atoms with E-state index in [-0.39, 0.29) is 24.8 Å². The van der Waals surface area contributed by atoms with Crippen molar-refractivity contribution in [1.82, 2.24) is 0 Å². The molecule has 0 unspecified atom stereocenters. The lowest BCUT2D eigenvalue weighted by atomic mass is 10.4. The first-order valence-electron chi connectivity index (χ1n) is 21.5. The number of hydrogen-bond acceptors (Lipinski definition) is 0. The molecule has 0 aromatic heterocycles. The minimum Gasteiger partial charge on any atom is -1.00 e. The van der Waals surface area contributed by atoms with Gasteiger partial charge in [0.05, 0.1) is 48.1 Å². The summed E-state index contributed by atoms with van der Waals surface area (Å²) < 4.78 is 0. The van der Waals surface area contributed by atoms with Crippen LogP contribution in [0.5, 0.6) is 0 Å². The van der Waals surface area contributed by atoms with Gasteiger partial charge < -0.3 is 24.8 Å². The number of hydrogen-bond donors (Lipinski definition) is 0. The van der Waals surface area contributed by atoms with Crippen LogP contribution >= 0.6 is 30.4 Å². The Morgan fingerprint density at radius 3 is 0.645 bits per heavy atom. The van der Waals surface area contributed by atoms with Crippen molar-refractivity contribution in [3.8, 4) is 0 Å². The number of halogens is 2. The van der Waals surface area contributed by atoms with Gasteiger partial charge in [0.25, 0.3) is 0 Å². The van der Waals surface area contributed by atoms with Crippen LogP contribution in [0.3, 0.4) is 0 Å². The van der Waals surface area contributed by atoms with Crippen LogP contribution in [0.25, 0.3) is 0 Å². The van der Waals surface area contributed by atoms with E-state index >= 15 is 0 Å². The average Bonchev–Trinajstić information content (AvgIpc) is 3.34. The molecule has 0 spiro atoms. The van der Waals surface area contributed by atoms with Crippen molar-refractivity contribution < 1.29 is 24.8 Å². The van der Waals surface area contributed by atoms with Crippen LogP contribution in [0.2, 0.25) is 0 Å². The molecule has 0 N–H and O–H groups in total. The van der Waals surface area contributed by atoms with E-state index in [9.17, 15) is 0 Å². The summed E-state index contributed by atoms with van der Waals surface area (Å²) in [5, 5.41) is 12.1. The summed E-state index contributed by atoms with van der Waals surface area (Å²) in [6.07, 6.45) is 9.54. The van der Waals surface area contributed by atoms with E-state index in [1.165, 1.54) is 71.0 Å². The second kappa shape index (κ2) is 24.2. The first kappa shape index (κ1) is 47.5. The normalized spacial score (nSPS) is 11.5. The van der Waals surface area contributed by atoms with Gasteiger partial charge in [-0.15, -0.1) is 0 Å². The van der Waals surface area contributed by atoms with Gasteiger partial charge in [0.1, 0.15) is 12.3 Å². The quantitative estimate of drug-likeness (QED) is 0.0958. The minimum atomic E-state index is -1.88. The fraction of sp³-hybridized carbons (Fsp3) is 0.143. The first-order valence-corrected chi connectivity index (χ1v) is 28.8. The van der Waals surface area contributed by atoms with Crippen molar-refractivity contribution in [2.75, 3.05) is 37.0 Å². The van der Waals surface area contributed by atoms with Gasteiger partial charge in [-0.1, -0.05) is 194 Å². The van der Waals surface area contributed by atoms with Crippen molar-refractivity contribution in [2.45, 2.75) is 12.8 Å². The lowest BCUT2D eigenvalue weighted by Gasteiger charge is -2.33. The third-order valence-corrected chi connectivity index (χ3v) is 26.8. The smallest absolute Gasteiger partial charge is 0.103 e. The molecule has 0 aliphatic heterocycles. The molecule has 0 aliphatic rings. The van der Waals surface area contributed by atoms with Gasteiger partial charge >= 0.3 is 0 Å². The number of rotatable bonds is 19. The summed E-state index contributed by atoms with van der Waals surface area (Å²) in [5.74, 6) is 0. The van der Waals surface area contributed by atoms with Gasteiger partial charge in [-0.05, 0) is 111 Å². The Bertz CT molecular complexity index is 2090. The van der Waals surface area contributed by atoms with E-state index in [2.05, 4.69) is 243 Å². The van der Waals surface area contributed by atoms with E-state index in [1.54, 1.807) is 21.2 Å². The molecule has 8 aromatic carbocycles. The third-order valence-electron chi connectivity index (χ3n) is 12.0. The Morgan fingerprint density at radius 2 is 0.435 bits per heavy atom. The Labute approximate surface area is 387 Å². The van der Waals surface area contributed by atoms with Crippen molar-refractivity contribution >= 4 is 72.8 Å². The van der Waals surface area contributed by atoms with Crippen molar-refractivity contribution in [2.24, 2.45) is 0 Å². The molecule has 6 heteroatoms. The van der Waals surface area contributed by atoms with Crippen LogP contribution in [0.15, 0.2) is 243 Å². The van der Waals surface area contributed by atoms with Gasteiger partial charge in [0.2, 0.25) is 0 Å². The van der Waals surface area contributed by atoms with Crippen LogP contribution in [0.1, 0.15) is 12.8 Å². The highest BCUT2D eigenvalue weighted by Gasteiger charge is 2.50. The number of benzene rings is 8. The summed E-state index contributed by atoms with van der Waals surface area (Å²) in [4.78, 5) is 0. The van der Waals surface area contributed by atoms with E-state index < -0.39 is 30.4 Å². The van der Waals surface area contributed by atoms with E-state index in [1.807, 2.05) is 0 Å². The zero-order valence-corrected chi connectivity index (χ0v) is 40.4. The summed E-state index contributed by atoms with van der Waals surface area (Å²) in [6, 6.07) is 92.1. The van der Waals surface area contributed by atoms with Crippen molar-refractivity contribution in [1.29, 1.82) is 0 Å². The standard InChI is InChI=1S/C56H56P4.2ClH/c1-9-27-49(28-10-1)57(50-29-11-2-12-30-50)43-25-45-59(53-35-17-5-18-36-53,54-37-19-6-20-38-54)47-48-60(55-39-21-7-22-40-55,56-41-23-8-24-42-56)46-26-44-58(51-31-13-3-14-32-51)52-33-15-4-16-34-52;;/h1-24,27-42H,25-26,43-48H2;2*1H/q+2;;/p-2. The minimum absolute atomic E-state index is 0. The van der Waals surface area contributed by atoms with Gasteiger partial charge in [-0.3, -0.25) is 0 Å². The molecule has 0 aliphatic carbocycles. The van der Waals surface area contributed by atoms with Crippen LogP contribution in [-0.4, -0.2) is 37.0 Å². The maximum atomic E-state index is 2.47. The third kappa shape index (κ3) is 11.6. The second-order valence-corrected chi connectivity index (χ2v) is 27.9. The second-order valence-electron chi connectivity index (χ2n) is 15.5. The SMILES string of the molecule is [Cl-].[Cl-].c1ccc(P(CCC[P+](CC[P+](CCCP(c2ccccc2)c2ccccc2)(c2ccccc2)c2ccccc2)(c2ccccc2)c2ccccc2)c2ccccc2)cc1. The lowest BCUT2D eigenvalue weighted by Crippen LogP contribution is -3.00. The van der Waals surface area contributed by atoms with Crippen LogP contribution in [0, 0.1) is 0 Å². The summed E-state index contributed by atoms with van der Waals surface area (Å²) in [7, 11) is -4.71. The Balaban J connectivity index is 0.00000321. The molecule has 0 bridgehead atoms. The zero-order chi connectivity index (χ0) is 40.7. The molecule has 0 fully saturated rings. The summed E-state index contributed by atoms with van der Waals surface area (Å²) in [5.41, 5.74) is 0. The van der Waals surface area contributed by atoms with E-state index in [4.69, 9.17) is 0 Å². The van der Waals surface area contributed by atoms with E-state index in [0.29, 0.717) is 0 Å². The molecule has 0 nitrogen and oxygen atoms in total. The molecule has 0 radical (unpaired) electrons. The summed E-state index contributed by atoms with van der Waals surface area (Å²) >= 11 is 0. The van der Waals surface area contributed by atoms with E-state index in [0.717, 1.165) is 0 Å². The molecular weight excluding hydrogens is 867 g/mol.